The van der Waals surface area contributed by atoms with E-state index in [0.29, 0.717) is 40.5 Å². The van der Waals surface area contributed by atoms with Gasteiger partial charge in [0.15, 0.2) is 5.69 Å². The van der Waals surface area contributed by atoms with Crippen LogP contribution in [0.25, 0.3) is 11.0 Å². The van der Waals surface area contributed by atoms with E-state index in [0.717, 1.165) is 54.5 Å². The molecule has 3 aliphatic carbocycles. The van der Waals surface area contributed by atoms with E-state index < -0.39 is 0 Å². The van der Waals surface area contributed by atoms with Crippen molar-refractivity contribution in [3.63, 3.8) is 0 Å². The Labute approximate surface area is 196 Å². The average molecular weight is 463 g/mol. The summed E-state index contributed by atoms with van der Waals surface area (Å²) in [6, 6.07) is 9.34. The summed E-state index contributed by atoms with van der Waals surface area (Å²) in [5, 5.41) is 25.9. The molecule has 0 aliphatic heterocycles. The SMILES string of the molecule is COc1cc2c(cc1N=O)/C(=N/OCc1ccc3nonc3c1)CC1C2CCC2C(O)CCC21. The van der Waals surface area contributed by atoms with Gasteiger partial charge in [-0.25, -0.2) is 4.63 Å². The molecule has 0 spiro atoms. The number of hydrogen-bond acceptors (Lipinski definition) is 9. The fourth-order valence-electron chi connectivity index (χ4n) is 6.48. The molecule has 1 N–H and O–H groups in total. The molecule has 0 saturated heterocycles. The lowest BCUT2D eigenvalue weighted by molar-refractivity contribution is 0.0623. The van der Waals surface area contributed by atoms with Gasteiger partial charge in [-0.1, -0.05) is 11.2 Å². The third-order valence-corrected chi connectivity index (χ3v) is 8.03. The first-order chi connectivity index (χ1) is 16.7. The monoisotopic (exact) mass is 462 g/mol. The molecule has 2 saturated carbocycles. The number of aliphatic hydroxyl groups is 1. The third kappa shape index (κ3) is 3.46. The molecule has 3 aliphatic rings. The minimum atomic E-state index is -0.207. The molecule has 6 rings (SSSR count). The Hall–Kier alpha value is -3.33. The highest BCUT2D eigenvalue weighted by molar-refractivity contribution is 6.04. The quantitative estimate of drug-likeness (QED) is 0.426. The Balaban J connectivity index is 1.34. The topological polar surface area (TPSA) is 119 Å². The lowest BCUT2D eigenvalue weighted by Gasteiger charge is -2.44. The van der Waals surface area contributed by atoms with Gasteiger partial charge in [0.25, 0.3) is 0 Å². The number of oxime groups is 1. The van der Waals surface area contributed by atoms with Crippen LogP contribution in [0.5, 0.6) is 5.75 Å². The van der Waals surface area contributed by atoms with E-state index in [9.17, 15) is 10.0 Å². The molecule has 1 heterocycles. The van der Waals surface area contributed by atoms with Crippen molar-refractivity contribution in [1.82, 2.24) is 10.3 Å². The molecule has 9 heteroatoms. The maximum Gasteiger partial charge on any atom is 0.150 e. The standard InChI is InChI=1S/C25H26N4O5/c1-32-25-11-18-15-3-4-16-14(5-7-24(16)30)17(15)9-21(19(18)10-23(25)26-31)27-33-12-13-2-6-20-22(8-13)29-34-28-20/h2,6,8,10-11,14-17,24,30H,3-5,7,9,12H2,1H3/b27-21+. The fourth-order valence-corrected chi connectivity index (χ4v) is 6.48. The summed E-state index contributed by atoms with van der Waals surface area (Å²) in [7, 11) is 1.56. The molecule has 3 aromatic rings. The van der Waals surface area contributed by atoms with Gasteiger partial charge in [-0.3, -0.25) is 0 Å². The van der Waals surface area contributed by atoms with E-state index >= 15 is 0 Å². The minimum Gasteiger partial charge on any atom is -0.494 e. The summed E-state index contributed by atoms with van der Waals surface area (Å²) in [5.74, 6) is 2.02. The van der Waals surface area contributed by atoms with Crippen LogP contribution in [-0.2, 0) is 11.4 Å². The second kappa shape index (κ2) is 8.47. The van der Waals surface area contributed by atoms with Crippen LogP contribution in [0.1, 0.15) is 54.7 Å². The Morgan fingerprint density at radius 1 is 1.06 bits per heavy atom. The number of ether oxygens (including phenoxy) is 1. The maximum absolute atomic E-state index is 11.5. The van der Waals surface area contributed by atoms with E-state index in [-0.39, 0.29) is 18.4 Å². The van der Waals surface area contributed by atoms with Crippen molar-refractivity contribution in [2.24, 2.45) is 28.1 Å². The zero-order chi connectivity index (χ0) is 23.2. The van der Waals surface area contributed by atoms with E-state index in [2.05, 4.69) is 20.6 Å². The van der Waals surface area contributed by atoms with Gasteiger partial charge >= 0.3 is 0 Å². The summed E-state index contributed by atoms with van der Waals surface area (Å²) in [6.45, 7) is 0.273. The molecule has 176 valence electrons. The van der Waals surface area contributed by atoms with Crippen LogP contribution in [0.4, 0.5) is 5.69 Å². The lowest BCUT2D eigenvalue weighted by Crippen LogP contribution is -2.38. The minimum absolute atomic E-state index is 0.207. The van der Waals surface area contributed by atoms with Crippen molar-refractivity contribution in [2.45, 2.75) is 50.7 Å². The Morgan fingerprint density at radius 3 is 2.76 bits per heavy atom. The molecule has 0 radical (unpaired) electrons. The molecular formula is C25H26N4O5. The number of benzene rings is 2. The van der Waals surface area contributed by atoms with Crippen molar-refractivity contribution in [3.8, 4) is 5.75 Å². The average Bonchev–Trinajstić information content (AvgIpc) is 3.49. The Kier molecular flexibility index (Phi) is 5.28. The smallest absolute Gasteiger partial charge is 0.150 e. The van der Waals surface area contributed by atoms with Gasteiger partial charge in [-0.05, 0) is 107 Å². The maximum atomic E-state index is 11.5. The predicted octanol–water partition coefficient (Wildman–Crippen LogP) is 4.83. The van der Waals surface area contributed by atoms with E-state index in [1.165, 1.54) is 0 Å². The second-order valence-electron chi connectivity index (χ2n) is 9.63. The summed E-state index contributed by atoms with van der Waals surface area (Å²) >= 11 is 0. The van der Waals surface area contributed by atoms with Crippen molar-refractivity contribution in [3.05, 3.63) is 51.9 Å². The predicted molar refractivity (Wildman–Crippen MR) is 124 cm³/mol. The van der Waals surface area contributed by atoms with Crippen molar-refractivity contribution in [1.29, 1.82) is 0 Å². The number of nitrogens with zero attached hydrogens (tertiary/aromatic N) is 4. The van der Waals surface area contributed by atoms with Crippen LogP contribution >= 0.6 is 0 Å². The Morgan fingerprint density at radius 2 is 1.91 bits per heavy atom. The number of aliphatic hydroxyl groups excluding tert-OH is 1. The van der Waals surface area contributed by atoms with Gasteiger partial charge in [0.2, 0.25) is 0 Å². The fraction of sp³-hybridized carbons (Fsp3) is 0.480. The number of methoxy groups -OCH3 is 1. The molecule has 2 aromatic carbocycles. The molecule has 9 nitrogen and oxygen atoms in total. The summed E-state index contributed by atoms with van der Waals surface area (Å²) < 4.78 is 10.2. The Bertz CT molecular complexity index is 1270. The zero-order valence-corrected chi connectivity index (χ0v) is 18.9. The van der Waals surface area contributed by atoms with Crippen molar-refractivity contribution >= 4 is 22.4 Å². The van der Waals surface area contributed by atoms with E-state index in [1.54, 1.807) is 13.2 Å². The molecule has 0 bridgehead atoms. The normalized spacial score (nSPS) is 28.9. The van der Waals surface area contributed by atoms with Crippen LogP contribution in [0, 0.1) is 22.7 Å². The molecule has 2 fully saturated rings. The van der Waals surface area contributed by atoms with Crippen LogP contribution in [-0.4, -0.2) is 34.3 Å². The van der Waals surface area contributed by atoms with Gasteiger partial charge in [0, 0.05) is 5.56 Å². The summed E-state index contributed by atoms with van der Waals surface area (Å²) in [6.07, 6.45) is 4.47. The van der Waals surface area contributed by atoms with Gasteiger partial charge in [0.05, 0.1) is 18.9 Å². The zero-order valence-electron chi connectivity index (χ0n) is 18.9. The first kappa shape index (κ1) is 21.2. The van der Waals surface area contributed by atoms with Crippen molar-refractivity contribution in [2.75, 3.05) is 7.11 Å². The summed E-state index contributed by atoms with van der Waals surface area (Å²) in [4.78, 5) is 17.3. The number of nitroso groups, excluding NO2 is 1. The van der Waals surface area contributed by atoms with Crippen LogP contribution < -0.4 is 4.74 Å². The molecule has 1 aromatic heterocycles. The number of fused-ring (bicyclic) bond motifs is 6. The largest absolute Gasteiger partial charge is 0.494 e. The molecule has 5 atom stereocenters. The highest BCUT2D eigenvalue weighted by Crippen LogP contribution is 2.56. The van der Waals surface area contributed by atoms with Gasteiger partial charge in [-0.2, -0.15) is 0 Å². The van der Waals surface area contributed by atoms with Gasteiger partial charge in [-0.15, -0.1) is 4.91 Å². The highest BCUT2D eigenvalue weighted by Gasteiger charge is 2.49. The lowest BCUT2D eigenvalue weighted by atomic mass is 9.60. The van der Waals surface area contributed by atoms with Gasteiger partial charge < -0.3 is 14.7 Å². The third-order valence-electron chi connectivity index (χ3n) is 8.03. The van der Waals surface area contributed by atoms with E-state index in [1.807, 2.05) is 24.3 Å². The van der Waals surface area contributed by atoms with Crippen molar-refractivity contribution < 1.29 is 19.3 Å². The highest BCUT2D eigenvalue weighted by atomic mass is 16.6. The molecule has 0 amide bonds. The molecule has 5 unspecified atom stereocenters. The van der Waals surface area contributed by atoms with Crippen LogP contribution in [0.2, 0.25) is 0 Å². The van der Waals surface area contributed by atoms with E-state index in [4.69, 9.17) is 14.2 Å². The van der Waals surface area contributed by atoms with Gasteiger partial charge in [0.1, 0.15) is 23.4 Å². The summed E-state index contributed by atoms with van der Waals surface area (Å²) in [5.41, 5.74) is 5.39. The number of rotatable bonds is 5. The first-order valence-corrected chi connectivity index (χ1v) is 11.8. The molecule has 34 heavy (non-hydrogen) atoms. The second-order valence-corrected chi connectivity index (χ2v) is 9.63. The number of hydrogen-bond donors (Lipinski definition) is 1. The molecular weight excluding hydrogens is 436 g/mol. The number of aromatic nitrogens is 2. The first-order valence-electron chi connectivity index (χ1n) is 11.8. The van der Waals surface area contributed by atoms with Crippen LogP contribution in [0.15, 0.2) is 45.3 Å². The van der Waals surface area contributed by atoms with Crippen LogP contribution in [0.3, 0.4) is 0 Å².